The highest BCUT2D eigenvalue weighted by Gasteiger charge is 2.10. The molecule has 2 aromatic carbocycles. The van der Waals surface area contributed by atoms with Crippen LogP contribution in [0, 0.1) is 5.82 Å². The summed E-state index contributed by atoms with van der Waals surface area (Å²) >= 11 is 0. The van der Waals surface area contributed by atoms with Gasteiger partial charge in [-0.3, -0.25) is 4.21 Å². The molecule has 0 heterocycles. The van der Waals surface area contributed by atoms with Crippen molar-refractivity contribution in [3.05, 3.63) is 48.3 Å². The average molecular weight is 309 g/mol. The standard InChI is InChI=1S/C15H16FNO3S/c1-19-12-3-5-13(6-4-12)20-8-9-21(18)15-7-2-11(17)10-14(15)16/h2-7,10H,8-9,17H2,1H3. The van der Waals surface area contributed by atoms with E-state index in [4.69, 9.17) is 15.2 Å². The first-order valence-electron chi connectivity index (χ1n) is 6.30. The molecule has 0 spiro atoms. The minimum atomic E-state index is -1.46. The Bertz CT molecular complexity index is 631. The lowest BCUT2D eigenvalue weighted by molar-refractivity contribution is 0.341. The maximum absolute atomic E-state index is 13.6. The molecular formula is C15H16FNO3S. The predicted molar refractivity (Wildman–Crippen MR) is 80.6 cm³/mol. The summed E-state index contributed by atoms with van der Waals surface area (Å²) in [6.07, 6.45) is 0. The first-order chi connectivity index (χ1) is 10.1. The third-order valence-corrected chi connectivity index (χ3v) is 4.16. The number of benzene rings is 2. The van der Waals surface area contributed by atoms with Crippen LogP contribution in [0.25, 0.3) is 0 Å². The summed E-state index contributed by atoms with van der Waals surface area (Å²) in [5.74, 6) is 1.02. The largest absolute Gasteiger partial charge is 0.497 e. The molecule has 0 radical (unpaired) electrons. The van der Waals surface area contributed by atoms with Crippen molar-refractivity contribution in [1.82, 2.24) is 0 Å². The van der Waals surface area contributed by atoms with E-state index in [9.17, 15) is 8.60 Å². The van der Waals surface area contributed by atoms with Crippen LogP contribution in [-0.2, 0) is 10.8 Å². The average Bonchev–Trinajstić information content (AvgIpc) is 2.47. The van der Waals surface area contributed by atoms with Crippen LogP contribution in [0.3, 0.4) is 0 Å². The molecule has 0 bridgehead atoms. The van der Waals surface area contributed by atoms with Gasteiger partial charge in [0, 0.05) is 5.69 Å². The molecule has 0 aliphatic carbocycles. The first kappa shape index (κ1) is 15.3. The Balaban J connectivity index is 1.88. The van der Waals surface area contributed by atoms with Crippen molar-refractivity contribution in [3.8, 4) is 11.5 Å². The van der Waals surface area contributed by atoms with Crippen molar-refractivity contribution < 1.29 is 18.1 Å². The van der Waals surface area contributed by atoms with Crippen molar-refractivity contribution in [2.24, 2.45) is 0 Å². The Kier molecular flexibility index (Phi) is 5.16. The molecule has 0 aliphatic rings. The van der Waals surface area contributed by atoms with Gasteiger partial charge < -0.3 is 15.2 Å². The van der Waals surface area contributed by atoms with Crippen LogP contribution in [0.4, 0.5) is 10.1 Å². The second kappa shape index (κ2) is 7.08. The maximum Gasteiger partial charge on any atom is 0.141 e. The lowest BCUT2D eigenvalue weighted by atomic mass is 10.3. The van der Waals surface area contributed by atoms with Crippen molar-refractivity contribution in [2.75, 3.05) is 25.2 Å². The Morgan fingerprint density at radius 3 is 2.43 bits per heavy atom. The van der Waals surface area contributed by atoms with Crippen LogP contribution >= 0.6 is 0 Å². The minimum absolute atomic E-state index is 0.141. The quantitative estimate of drug-likeness (QED) is 0.833. The summed E-state index contributed by atoms with van der Waals surface area (Å²) in [5.41, 5.74) is 5.76. The van der Waals surface area contributed by atoms with Gasteiger partial charge in [0.05, 0.1) is 28.6 Å². The summed E-state index contributed by atoms with van der Waals surface area (Å²) in [6.45, 7) is 0.225. The number of methoxy groups -OCH3 is 1. The number of ether oxygens (including phenoxy) is 2. The number of hydrogen-bond acceptors (Lipinski definition) is 4. The van der Waals surface area contributed by atoms with Gasteiger partial charge in [0.15, 0.2) is 0 Å². The third-order valence-electron chi connectivity index (χ3n) is 2.80. The van der Waals surface area contributed by atoms with E-state index in [0.29, 0.717) is 11.4 Å². The van der Waals surface area contributed by atoms with Gasteiger partial charge in [0.1, 0.15) is 23.9 Å². The number of hydrogen-bond donors (Lipinski definition) is 1. The minimum Gasteiger partial charge on any atom is -0.497 e. The van der Waals surface area contributed by atoms with E-state index >= 15 is 0 Å². The molecule has 2 N–H and O–H groups in total. The highest BCUT2D eigenvalue weighted by molar-refractivity contribution is 7.85. The molecule has 0 saturated carbocycles. The molecule has 2 aromatic rings. The topological polar surface area (TPSA) is 61.5 Å². The molecule has 6 heteroatoms. The number of nitrogen functional groups attached to an aromatic ring is 1. The summed E-state index contributed by atoms with van der Waals surface area (Å²) in [4.78, 5) is 0.141. The van der Waals surface area contributed by atoms with Crippen molar-refractivity contribution in [1.29, 1.82) is 0 Å². The van der Waals surface area contributed by atoms with Gasteiger partial charge in [0.2, 0.25) is 0 Å². The summed E-state index contributed by atoms with van der Waals surface area (Å²) < 4.78 is 36.1. The Morgan fingerprint density at radius 1 is 1.14 bits per heavy atom. The van der Waals surface area contributed by atoms with E-state index < -0.39 is 16.6 Å². The molecule has 4 nitrogen and oxygen atoms in total. The molecule has 1 unspecified atom stereocenters. The molecule has 0 amide bonds. The maximum atomic E-state index is 13.6. The number of halogens is 1. The van der Waals surface area contributed by atoms with Gasteiger partial charge in [-0.2, -0.15) is 0 Å². The Morgan fingerprint density at radius 2 is 1.81 bits per heavy atom. The Hall–Kier alpha value is -2.08. The van der Waals surface area contributed by atoms with E-state index in [0.717, 1.165) is 11.8 Å². The van der Waals surface area contributed by atoms with Gasteiger partial charge in [0.25, 0.3) is 0 Å². The zero-order valence-electron chi connectivity index (χ0n) is 11.5. The van der Waals surface area contributed by atoms with Crippen LogP contribution in [-0.4, -0.2) is 23.7 Å². The lowest BCUT2D eigenvalue weighted by Gasteiger charge is -2.08. The van der Waals surface area contributed by atoms with Crippen LogP contribution in [0.1, 0.15) is 0 Å². The number of rotatable bonds is 6. The van der Waals surface area contributed by atoms with E-state index in [2.05, 4.69) is 0 Å². The molecule has 0 aromatic heterocycles. The van der Waals surface area contributed by atoms with Gasteiger partial charge >= 0.3 is 0 Å². The molecule has 2 rings (SSSR count). The lowest BCUT2D eigenvalue weighted by Crippen LogP contribution is -2.10. The zero-order valence-corrected chi connectivity index (χ0v) is 12.4. The SMILES string of the molecule is COc1ccc(OCCS(=O)c2ccc(N)cc2F)cc1. The Labute approximate surface area is 125 Å². The molecule has 0 aliphatic heterocycles. The van der Waals surface area contributed by atoms with Crippen LogP contribution in [0.2, 0.25) is 0 Å². The summed E-state index contributed by atoms with van der Waals surface area (Å²) in [5, 5.41) is 0. The highest BCUT2D eigenvalue weighted by Crippen LogP contribution is 2.18. The van der Waals surface area contributed by atoms with E-state index in [1.165, 1.54) is 12.1 Å². The highest BCUT2D eigenvalue weighted by atomic mass is 32.2. The molecule has 0 fully saturated rings. The van der Waals surface area contributed by atoms with E-state index in [-0.39, 0.29) is 17.3 Å². The molecule has 21 heavy (non-hydrogen) atoms. The molecule has 112 valence electrons. The van der Waals surface area contributed by atoms with Crippen molar-refractivity contribution >= 4 is 16.5 Å². The predicted octanol–water partition coefficient (Wildman–Crippen LogP) is 2.60. The molecule has 1 atom stereocenters. The molecule has 0 saturated heterocycles. The monoisotopic (exact) mass is 309 g/mol. The third kappa shape index (κ3) is 4.19. The van der Waals surface area contributed by atoms with Crippen LogP contribution in [0.5, 0.6) is 11.5 Å². The second-order valence-corrected chi connectivity index (χ2v) is 5.80. The van der Waals surface area contributed by atoms with Crippen molar-refractivity contribution in [3.63, 3.8) is 0 Å². The molecular weight excluding hydrogens is 293 g/mol. The van der Waals surface area contributed by atoms with E-state index in [1.54, 1.807) is 31.4 Å². The smallest absolute Gasteiger partial charge is 0.141 e. The second-order valence-electron chi connectivity index (χ2n) is 4.26. The number of anilines is 1. The summed E-state index contributed by atoms with van der Waals surface area (Å²) in [6, 6.07) is 11.2. The fraction of sp³-hybridized carbons (Fsp3) is 0.200. The normalized spacial score (nSPS) is 11.9. The number of nitrogens with two attached hydrogens (primary N) is 1. The van der Waals surface area contributed by atoms with E-state index in [1.807, 2.05) is 0 Å². The fourth-order valence-electron chi connectivity index (χ4n) is 1.72. The van der Waals surface area contributed by atoms with Gasteiger partial charge in [-0.25, -0.2) is 4.39 Å². The van der Waals surface area contributed by atoms with Crippen LogP contribution < -0.4 is 15.2 Å². The first-order valence-corrected chi connectivity index (χ1v) is 7.62. The van der Waals surface area contributed by atoms with Crippen LogP contribution in [0.15, 0.2) is 47.4 Å². The van der Waals surface area contributed by atoms with Crippen molar-refractivity contribution in [2.45, 2.75) is 4.90 Å². The summed E-state index contributed by atoms with van der Waals surface area (Å²) in [7, 11) is 0.120. The van der Waals surface area contributed by atoms with Gasteiger partial charge in [-0.15, -0.1) is 0 Å². The fourth-order valence-corrected chi connectivity index (χ4v) is 2.67. The zero-order chi connectivity index (χ0) is 15.2. The van der Waals surface area contributed by atoms with Gasteiger partial charge in [-0.1, -0.05) is 0 Å². The van der Waals surface area contributed by atoms with Gasteiger partial charge in [-0.05, 0) is 42.5 Å².